The summed E-state index contributed by atoms with van der Waals surface area (Å²) in [6, 6.07) is 0. The molecule has 0 heterocycles. The van der Waals surface area contributed by atoms with Crippen molar-refractivity contribution in [3.63, 3.8) is 0 Å². The van der Waals surface area contributed by atoms with Gasteiger partial charge < -0.3 is 5.32 Å². The molecule has 0 aromatic heterocycles. The second-order valence-corrected chi connectivity index (χ2v) is 3.48. The molecule has 1 N–H and O–H groups in total. The van der Waals surface area contributed by atoms with Gasteiger partial charge in [-0.1, -0.05) is 19.1 Å². The summed E-state index contributed by atoms with van der Waals surface area (Å²) < 4.78 is 0. The molecule has 0 aromatic rings. The molecule has 72 valence electrons. The zero-order chi connectivity index (χ0) is 9.23. The van der Waals surface area contributed by atoms with Crippen LogP contribution in [0.5, 0.6) is 0 Å². The highest BCUT2D eigenvalue weighted by atomic mass is 35.5. The molecule has 0 aliphatic carbocycles. The highest BCUT2D eigenvalue weighted by Gasteiger charge is 1.97. The zero-order valence-electron chi connectivity index (χ0n) is 8.15. The zero-order valence-corrected chi connectivity index (χ0v) is 8.90. The first-order valence-electron chi connectivity index (χ1n) is 4.69. The van der Waals surface area contributed by atoms with Gasteiger partial charge in [0.2, 0.25) is 0 Å². The van der Waals surface area contributed by atoms with Crippen LogP contribution in [0.1, 0.15) is 26.7 Å². The average molecular weight is 190 g/mol. The Balaban J connectivity index is 3.00. The van der Waals surface area contributed by atoms with Crippen LogP contribution in [0.25, 0.3) is 0 Å². The minimum Gasteiger partial charge on any atom is -0.313 e. The summed E-state index contributed by atoms with van der Waals surface area (Å²) in [6.45, 7) is 6.33. The molecule has 2 heteroatoms. The number of halogens is 1. The second-order valence-electron chi connectivity index (χ2n) is 3.17. The largest absolute Gasteiger partial charge is 0.313 e. The lowest BCUT2D eigenvalue weighted by Gasteiger charge is -2.06. The molecule has 0 radical (unpaired) electrons. The van der Waals surface area contributed by atoms with Crippen molar-refractivity contribution in [1.29, 1.82) is 0 Å². The van der Waals surface area contributed by atoms with E-state index in [1.165, 1.54) is 12.8 Å². The first-order chi connectivity index (χ1) is 5.81. The predicted molar refractivity (Wildman–Crippen MR) is 56.8 cm³/mol. The minimum absolute atomic E-state index is 0.662. The third kappa shape index (κ3) is 8.09. The quantitative estimate of drug-likeness (QED) is 0.369. The first kappa shape index (κ1) is 12.0. The summed E-state index contributed by atoms with van der Waals surface area (Å²) in [7, 11) is 0. The van der Waals surface area contributed by atoms with Gasteiger partial charge in [0.05, 0.1) is 0 Å². The van der Waals surface area contributed by atoms with Crippen LogP contribution >= 0.6 is 11.6 Å². The molecule has 0 aromatic carbocycles. The molecule has 1 atom stereocenters. The summed E-state index contributed by atoms with van der Waals surface area (Å²) >= 11 is 5.68. The summed E-state index contributed by atoms with van der Waals surface area (Å²) in [5.74, 6) is 1.45. The van der Waals surface area contributed by atoms with Gasteiger partial charge in [-0.3, -0.25) is 0 Å². The molecule has 0 bridgehead atoms. The van der Waals surface area contributed by atoms with Gasteiger partial charge in [0, 0.05) is 12.4 Å². The molecule has 12 heavy (non-hydrogen) atoms. The fourth-order valence-corrected chi connectivity index (χ4v) is 1.11. The predicted octanol–water partition coefficient (Wildman–Crippen LogP) is 2.81. The Morgan fingerprint density at radius 3 is 2.83 bits per heavy atom. The standard InChI is InChI=1S/C10H20ClN/c1-3-4-7-12-8-5-6-10(2)9-11/h3-4,10,12H,5-9H2,1-2H3/b4-3+. The molecule has 0 amide bonds. The number of hydrogen-bond acceptors (Lipinski definition) is 1. The van der Waals surface area contributed by atoms with Crippen LogP contribution in [0.4, 0.5) is 0 Å². The van der Waals surface area contributed by atoms with Gasteiger partial charge in [0.25, 0.3) is 0 Å². The van der Waals surface area contributed by atoms with Crippen LogP contribution in [0.15, 0.2) is 12.2 Å². The topological polar surface area (TPSA) is 12.0 Å². The lowest BCUT2D eigenvalue weighted by molar-refractivity contribution is 0.541. The maximum absolute atomic E-state index is 5.68. The highest BCUT2D eigenvalue weighted by Crippen LogP contribution is 2.05. The third-order valence-corrected chi connectivity index (χ3v) is 2.34. The Labute approximate surface area is 81.2 Å². The van der Waals surface area contributed by atoms with Crippen LogP contribution in [-0.4, -0.2) is 19.0 Å². The summed E-state index contributed by atoms with van der Waals surface area (Å²) in [5, 5.41) is 3.34. The van der Waals surface area contributed by atoms with Gasteiger partial charge in [-0.05, 0) is 32.2 Å². The number of alkyl halides is 1. The minimum atomic E-state index is 0.662. The molecule has 1 nitrogen and oxygen atoms in total. The molecule has 0 aliphatic rings. The van der Waals surface area contributed by atoms with E-state index < -0.39 is 0 Å². The Hall–Kier alpha value is -0.0100. The van der Waals surface area contributed by atoms with E-state index in [0.29, 0.717) is 5.92 Å². The Kier molecular flexibility index (Phi) is 9.07. The van der Waals surface area contributed by atoms with E-state index in [2.05, 4.69) is 24.4 Å². The van der Waals surface area contributed by atoms with E-state index in [9.17, 15) is 0 Å². The molecule has 0 saturated heterocycles. The van der Waals surface area contributed by atoms with Gasteiger partial charge in [0.1, 0.15) is 0 Å². The van der Waals surface area contributed by atoms with Crippen LogP contribution in [0, 0.1) is 5.92 Å². The Bertz CT molecular complexity index is 112. The van der Waals surface area contributed by atoms with E-state index in [1.807, 2.05) is 6.92 Å². The van der Waals surface area contributed by atoms with E-state index >= 15 is 0 Å². The van der Waals surface area contributed by atoms with Gasteiger partial charge in [-0.2, -0.15) is 0 Å². The van der Waals surface area contributed by atoms with E-state index in [-0.39, 0.29) is 0 Å². The SMILES string of the molecule is C/C=C/CNCCCC(C)CCl. The van der Waals surface area contributed by atoms with Gasteiger partial charge in [-0.25, -0.2) is 0 Å². The van der Waals surface area contributed by atoms with Crippen LogP contribution in [0.2, 0.25) is 0 Å². The third-order valence-electron chi connectivity index (χ3n) is 1.81. The van der Waals surface area contributed by atoms with E-state index in [4.69, 9.17) is 11.6 Å². The van der Waals surface area contributed by atoms with Crippen molar-refractivity contribution in [3.05, 3.63) is 12.2 Å². The van der Waals surface area contributed by atoms with Crippen molar-refractivity contribution >= 4 is 11.6 Å². The summed E-state index contributed by atoms with van der Waals surface area (Å²) in [5.41, 5.74) is 0. The highest BCUT2D eigenvalue weighted by molar-refractivity contribution is 6.18. The van der Waals surface area contributed by atoms with Gasteiger partial charge >= 0.3 is 0 Å². The molecule has 0 fully saturated rings. The Morgan fingerprint density at radius 2 is 2.25 bits per heavy atom. The average Bonchev–Trinajstić information content (AvgIpc) is 2.10. The van der Waals surface area contributed by atoms with Crippen LogP contribution in [-0.2, 0) is 0 Å². The van der Waals surface area contributed by atoms with E-state index in [1.54, 1.807) is 0 Å². The lowest BCUT2D eigenvalue weighted by Crippen LogP contribution is -2.15. The van der Waals surface area contributed by atoms with Gasteiger partial charge in [-0.15, -0.1) is 11.6 Å². The molecule has 0 aliphatic heterocycles. The summed E-state index contributed by atoms with van der Waals surface area (Å²) in [6.07, 6.45) is 6.65. The number of hydrogen-bond donors (Lipinski definition) is 1. The summed E-state index contributed by atoms with van der Waals surface area (Å²) in [4.78, 5) is 0. The Morgan fingerprint density at radius 1 is 1.50 bits per heavy atom. The van der Waals surface area contributed by atoms with Gasteiger partial charge in [0.15, 0.2) is 0 Å². The fourth-order valence-electron chi connectivity index (χ4n) is 0.956. The van der Waals surface area contributed by atoms with Crippen molar-refractivity contribution in [2.45, 2.75) is 26.7 Å². The number of allylic oxidation sites excluding steroid dienone is 1. The van der Waals surface area contributed by atoms with Crippen molar-refractivity contribution in [3.8, 4) is 0 Å². The smallest absolute Gasteiger partial charge is 0.0249 e. The number of rotatable bonds is 7. The second kappa shape index (κ2) is 9.08. The molecule has 0 saturated carbocycles. The molecular formula is C10H20ClN. The maximum Gasteiger partial charge on any atom is 0.0249 e. The van der Waals surface area contributed by atoms with Crippen molar-refractivity contribution in [2.24, 2.45) is 5.92 Å². The van der Waals surface area contributed by atoms with Crippen molar-refractivity contribution in [1.82, 2.24) is 5.32 Å². The first-order valence-corrected chi connectivity index (χ1v) is 5.22. The molecule has 1 unspecified atom stereocenters. The fraction of sp³-hybridized carbons (Fsp3) is 0.800. The number of nitrogens with one attached hydrogen (secondary N) is 1. The molecule has 0 rings (SSSR count). The molecule has 0 spiro atoms. The normalized spacial score (nSPS) is 13.9. The van der Waals surface area contributed by atoms with Crippen molar-refractivity contribution < 1.29 is 0 Å². The maximum atomic E-state index is 5.68. The van der Waals surface area contributed by atoms with E-state index in [0.717, 1.165) is 19.0 Å². The van der Waals surface area contributed by atoms with Crippen LogP contribution in [0.3, 0.4) is 0 Å². The van der Waals surface area contributed by atoms with Crippen LogP contribution < -0.4 is 5.32 Å². The van der Waals surface area contributed by atoms with Crippen molar-refractivity contribution in [2.75, 3.05) is 19.0 Å². The molecular weight excluding hydrogens is 170 g/mol. The monoisotopic (exact) mass is 189 g/mol. The lowest BCUT2D eigenvalue weighted by atomic mass is 10.1.